The van der Waals surface area contributed by atoms with Crippen molar-refractivity contribution in [1.29, 1.82) is 0 Å². The molecule has 8 nitrogen and oxygen atoms in total. The van der Waals surface area contributed by atoms with E-state index in [2.05, 4.69) is 4.90 Å². The van der Waals surface area contributed by atoms with E-state index in [4.69, 9.17) is 25.5 Å². The minimum atomic E-state index is -0.990. The van der Waals surface area contributed by atoms with Gasteiger partial charge in [-0.1, -0.05) is 11.6 Å². The van der Waals surface area contributed by atoms with E-state index < -0.39 is 23.5 Å². The van der Waals surface area contributed by atoms with Crippen LogP contribution in [0.2, 0.25) is 5.02 Å². The highest BCUT2D eigenvalue weighted by Gasteiger charge is 2.48. The van der Waals surface area contributed by atoms with Gasteiger partial charge in [0.15, 0.2) is 0 Å². The van der Waals surface area contributed by atoms with Crippen LogP contribution in [0.4, 0.5) is 11.4 Å². The first-order valence-electron chi connectivity index (χ1n) is 12.5. The first kappa shape index (κ1) is 25.7. The van der Waals surface area contributed by atoms with E-state index in [0.717, 1.165) is 31.6 Å². The highest BCUT2D eigenvalue weighted by atomic mass is 35.5. The number of halogens is 1. The zero-order valence-corrected chi connectivity index (χ0v) is 22.2. The predicted octanol–water partition coefficient (Wildman–Crippen LogP) is 5.88. The highest BCUT2D eigenvalue weighted by Crippen LogP contribution is 2.45. The summed E-state index contributed by atoms with van der Waals surface area (Å²) < 4.78 is 16.6. The standard InChI is InChI=1S/C29H29ClN2O6/c1-17-7-12-22(38-17)26-25(27(33)20-15-24(37-3)21(30)16-23(20)36-2)28(34)29(35)32(26)19-10-8-18(9-11-19)31-13-5-4-6-14-31/h7-12,15-16,26,33H,4-6,13-14H2,1-3H3/b27-25+. The Labute approximate surface area is 226 Å². The number of amides is 1. The number of benzene rings is 2. The lowest BCUT2D eigenvalue weighted by molar-refractivity contribution is -0.132. The van der Waals surface area contributed by atoms with Crippen LogP contribution < -0.4 is 19.3 Å². The number of carbonyl (C=O) groups is 2. The van der Waals surface area contributed by atoms with Crippen molar-refractivity contribution in [2.24, 2.45) is 0 Å². The van der Waals surface area contributed by atoms with Crippen molar-refractivity contribution < 1.29 is 28.6 Å². The van der Waals surface area contributed by atoms with Gasteiger partial charge in [-0.2, -0.15) is 0 Å². The summed E-state index contributed by atoms with van der Waals surface area (Å²) in [6.45, 7) is 3.75. The van der Waals surface area contributed by atoms with E-state index in [0.29, 0.717) is 17.2 Å². The van der Waals surface area contributed by atoms with Gasteiger partial charge < -0.3 is 23.9 Å². The second-order valence-electron chi connectivity index (χ2n) is 9.37. The average molecular weight is 537 g/mol. The van der Waals surface area contributed by atoms with Gasteiger partial charge in [-0.15, -0.1) is 0 Å². The minimum Gasteiger partial charge on any atom is -0.507 e. The molecule has 1 unspecified atom stereocenters. The van der Waals surface area contributed by atoms with E-state index in [1.54, 1.807) is 19.1 Å². The van der Waals surface area contributed by atoms with E-state index >= 15 is 0 Å². The van der Waals surface area contributed by atoms with Crippen LogP contribution in [-0.4, -0.2) is 44.1 Å². The molecule has 2 aliphatic rings. The molecule has 1 aromatic heterocycles. The third-order valence-electron chi connectivity index (χ3n) is 7.05. The van der Waals surface area contributed by atoms with E-state index in [1.807, 2.05) is 24.3 Å². The lowest BCUT2D eigenvalue weighted by Gasteiger charge is -2.29. The van der Waals surface area contributed by atoms with Crippen molar-refractivity contribution >= 4 is 40.4 Å². The summed E-state index contributed by atoms with van der Waals surface area (Å²) in [4.78, 5) is 30.6. The first-order valence-corrected chi connectivity index (χ1v) is 12.9. The fourth-order valence-electron chi connectivity index (χ4n) is 5.14. The van der Waals surface area contributed by atoms with Crippen molar-refractivity contribution in [2.75, 3.05) is 37.1 Å². The molecular weight excluding hydrogens is 508 g/mol. The van der Waals surface area contributed by atoms with Crippen LogP contribution in [0.3, 0.4) is 0 Å². The first-order chi connectivity index (χ1) is 18.3. The number of piperidine rings is 1. The molecule has 2 saturated heterocycles. The van der Waals surface area contributed by atoms with Crippen LogP contribution in [0.25, 0.3) is 5.76 Å². The summed E-state index contributed by atoms with van der Waals surface area (Å²) in [7, 11) is 2.86. The number of carbonyl (C=O) groups excluding carboxylic acids is 2. The number of rotatable bonds is 6. The Balaban J connectivity index is 1.64. The number of ketones is 1. The number of hydrogen-bond acceptors (Lipinski definition) is 7. The third-order valence-corrected chi connectivity index (χ3v) is 7.35. The van der Waals surface area contributed by atoms with Crippen LogP contribution >= 0.6 is 11.6 Å². The van der Waals surface area contributed by atoms with Gasteiger partial charge in [0.05, 0.1) is 30.4 Å². The van der Waals surface area contributed by atoms with Gasteiger partial charge in [-0.05, 0) is 68.7 Å². The highest BCUT2D eigenvalue weighted by molar-refractivity contribution is 6.51. The van der Waals surface area contributed by atoms with Crippen LogP contribution in [-0.2, 0) is 9.59 Å². The van der Waals surface area contributed by atoms with Gasteiger partial charge >= 0.3 is 0 Å². The Morgan fingerprint density at radius 2 is 1.61 bits per heavy atom. The average Bonchev–Trinajstić information content (AvgIpc) is 3.48. The van der Waals surface area contributed by atoms with Gasteiger partial charge in [-0.3, -0.25) is 14.5 Å². The van der Waals surface area contributed by atoms with Crippen molar-refractivity contribution in [3.8, 4) is 11.5 Å². The zero-order chi connectivity index (χ0) is 27.0. The maximum Gasteiger partial charge on any atom is 0.300 e. The Bertz CT molecular complexity index is 1400. The van der Waals surface area contributed by atoms with Crippen LogP contribution in [0.5, 0.6) is 11.5 Å². The third kappa shape index (κ3) is 4.49. The van der Waals surface area contributed by atoms with Crippen LogP contribution in [0.1, 0.15) is 42.4 Å². The summed E-state index contributed by atoms with van der Waals surface area (Å²) in [5, 5.41) is 11.8. The fraction of sp³-hybridized carbons (Fsp3) is 0.310. The largest absolute Gasteiger partial charge is 0.507 e. The molecule has 0 spiro atoms. The quantitative estimate of drug-likeness (QED) is 0.239. The number of furan rings is 1. The molecule has 0 aliphatic carbocycles. The maximum atomic E-state index is 13.5. The minimum absolute atomic E-state index is 0.118. The lowest BCUT2D eigenvalue weighted by atomic mass is 9.98. The second kappa shape index (κ2) is 10.5. The molecule has 0 saturated carbocycles. The summed E-state index contributed by atoms with van der Waals surface area (Å²) in [6, 6.07) is 13.0. The summed E-state index contributed by atoms with van der Waals surface area (Å²) in [6.07, 6.45) is 3.52. The molecule has 38 heavy (non-hydrogen) atoms. The lowest BCUT2D eigenvalue weighted by Crippen LogP contribution is -2.30. The number of Topliss-reactive ketones (excluding diaryl/α,β-unsaturated/α-hetero) is 1. The van der Waals surface area contributed by atoms with E-state index in [9.17, 15) is 14.7 Å². The second-order valence-corrected chi connectivity index (χ2v) is 9.78. The molecule has 1 amide bonds. The number of ether oxygens (including phenoxy) is 2. The van der Waals surface area contributed by atoms with Gasteiger partial charge in [0.2, 0.25) is 0 Å². The molecule has 198 valence electrons. The van der Waals surface area contributed by atoms with Crippen molar-refractivity contribution in [3.63, 3.8) is 0 Å². The molecule has 2 aromatic carbocycles. The molecule has 0 bridgehead atoms. The van der Waals surface area contributed by atoms with Crippen molar-refractivity contribution in [2.45, 2.75) is 32.2 Å². The number of anilines is 2. The van der Waals surface area contributed by atoms with Gasteiger partial charge in [-0.25, -0.2) is 0 Å². The van der Waals surface area contributed by atoms with Gasteiger partial charge in [0, 0.05) is 30.5 Å². The molecular formula is C29H29ClN2O6. The zero-order valence-electron chi connectivity index (χ0n) is 21.5. The molecule has 2 aliphatic heterocycles. The number of aliphatic hydroxyl groups excluding tert-OH is 1. The number of aryl methyl sites for hydroxylation is 1. The number of hydrogen-bond donors (Lipinski definition) is 1. The molecule has 5 rings (SSSR count). The topological polar surface area (TPSA) is 92.5 Å². The molecule has 1 atom stereocenters. The van der Waals surface area contributed by atoms with Crippen LogP contribution in [0, 0.1) is 6.92 Å². The number of nitrogens with zero attached hydrogens (tertiary/aromatic N) is 2. The normalized spacial score (nSPS) is 19.2. The molecule has 3 heterocycles. The predicted molar refractivity (Wildman–Crippen MR) is 145 cm³/mol. The molecule has 9 heteroatoms. The number of methoxy groups -OCH3 is 2. The maximum absolute atomic E-state index is 13.5. The molecule has 2 fully saturated rings. The Morgan fingerprint density at radius 1 is 0.947 bits per heavy atom. The number of aliphatic hydroxyl groups is 1. The van der Waals surface area contributed by atoms with Gasteiger partial charge in [0.25, 0.3) is 11.7 Å². The molecule has 3 aromatic rings. The Morgan fingerprint density at radius 3 is 2.21 bits per heavy atom. The smallest absolute Gasteiger partial charge is 0.300 e. The SMILES string of the molecule is COc1cc(/C(O)=C2\C(=O)C(=O)N(c3ccc(N4CCCCC4)cc3)C2c2ccc(C)o2)c(OC)cc1Cl. The monoisotopic (exact) mass is 536 g/mol. The van der Waals surface area contributed by atoms with E-state index in [-0.39, 0.29) is 27.7 Å². The van der Waals surface area contributed by atoms with E-state index in [1.165, 1.54) is 37.7 Å². The van der Waals surface area contributed by atoms with Crippen molar-refractivity contribution in [3.05, 3.63) is 76.2 Å². The van der Waals surface area contributed by atoms with Crippen LogP contribution in [0.15, 0.2) is 58.5 Å². The molecule has 0 radical (unpaired) electrons. The van der Waals surface area contributed by atoms with Crippen molar-refractivity contribution in [1.82, 2.24) is 0 Å². The fourth-order valence-corrected chi connectivity index (χ4v) is 5.37. The Hall–Kier alpha value is -3.91. The molecule has 1 N–H and O–H groups in total. The summed E-state index contributed by atoms with van der Waals surface area (Å²) in [5.74, 6) is -0.558. The summed E-state index contributed by atoms with van der Waals surface area (Å²) >= 11 is 6.25. The Kier molecular flexibility index (Phi) is 7.08. The van der Waals surface area contributed by atoms with Gasteiger partial charge in [0.1, 0.15) is 34.8 Å². The summed E-state index contributed by atoms with van der Waals surface area (Å²) in [5.41, 5.74) is 1.63.